The SMILES string of the molecule is CN1C=C(c2ccccc2)NC(Cc2ccccc2)=C1/N=C(\C=O)Cc1ccc(CCCCCCCN)c(F)c1. The number of nitrogens with one attached hydrogen (secondary N) is 1. The summed E-state index contributed by atoms with van der Waals surface area (Å²) in [6.07, 6.45) is 9.67. The molecule has 0 radical (unpaired) electrons. The molecule has 1 heterocycles. The number of hydrogen-bond acceptors (Lipinski definition) is 5. The summed E-state index contributed by atoms with van der Waals surface area (Å²) in [6.45, 7) is 0.728. The van der Waals surface area contributed by atoms with E-state index in [4.69, 9.17) is 10.7 Å². The van der Waals surface area contributed by atoms with Crippen LogP contribution in [0.2, 0.25) is 0 Å². The van der Waals surface area contributed by atoms with Gasteiger partial charge in [-0.2, -0.15) is 0 Å². The van der Waals surface area contributed by atoms with Crippen LogP contribution >= 0.6 is 0 Å². The maximum atomic E-state index is 14.9. The number of halogens is 1. The molecule has 3 aromatic rings. The van der Waals surface area contributed by atoms with Gasteiger partial charge >= 0.3 is 0 Å². The van der Waals surface area contributed by atoms with Crippen molar-refractivity contribution in [2.45, 2.75) is 51.4 Å². The van der Waals surface area contributed by atoms with Crippen molar-refractivity contribution >= 4 is 17.7 Å². The standard InChI is InChI=1S/C34H39FN4O/c1-39-24-33(29-16-10-6-11-17-29)38-32(23-26-13-7-5-8-14-26)34(39)37-30(25-40)21-27-18-19-28(31(35)22-27)15-9-3-2-4-12-20-36/h5-8,10-11,13-14,16-19,22,24-25,38H,2-4,9,12,15,20-21,23,36H2,1H3/b37-30-. The Labute approximate surface area is 237 Å². The van der Waals surface area contributed by atoms with Crippen LogP contribution in [-0.2, 0) is 24.1 Å². The van der Waals surface area contributed by atoms with Crippen molar-refractivity contribution in [3.05, 3.63) is 125 Å². The third-order valence-electron chi connectivity index (χ3n) is 7.06. The molecular weight excluding hydrogens is 499 g/mol. The van der Waals surface area contributed by atoms with E-state index < -0.39 is 0 Å². The van der Waals surface area contributed by atoms with Gasteiger partial charge in [-0.1, -0.05) is 92.1 Å². The van der Waals surface area contributed by atoms with Gasteiger partial charge in [-0.15, -0.1) is 0 Å². The Morgan fingerprint density at radius 3 is 2.33 bits per heavy atom. The van der Waals surface area contributed by atoms with Crippen LogP contribution in [0.4, 0.5) is 4.39 Å². The molecule has 0 saturated heterocycles. The summed E-state index contributed by atoms with van der Waals surface area (Å²) in [5, 5.41) is 3.55. The zero-order valence-corrected chi connectivity index (χ0v) is 23.3. The molecule has 5 nitrogen and oxygen atoms in total. The fourth-order valence-electron chi connectivity index (χ4n) is 4.90. The molecule has 4 rings (SSSR count). The number of hydrogen-bond donors (Lipinski definition) is 2. The summed E-state index contributed by atoms with van der Waals surface area (Å²) in [5.41, 5.74) is 11.4. The predicted molar refractivity (Wildman–Crippen MR) is 162 cm³/mol. The quantitative estimate of drug-likeness (QED) is 0.141. The number of carbonyl (C=O) groups is 1. The second kappa shape index (κ2) is 14.9. The first-order valence-corrected chi connectivity index (χ1v) is 14.1. The number of nitrogens with two attached hydrogens (primary N) is 1. The minimum atomic E-state index is -0.222. The van der Waals surface area contributed by atoms with Crippen LogP contribution in [0.25, 0.3) is 5.70 Å². The summed E-state index contributed by atoms with van der Waals surface area (Å²) < 4.78 is 14.9. The Hall–Kier alpha value is -4.03. The lowest BCUT2D eigenvalue weighted by molar-refractivity contribution is -0.102. The molecule has 3 aromatic carbocycles. The van der Waals surface area contributed by atoms with Crippen LogP contribution in [0.5, 0.6) is 0 Å². The molecule has 0 spiro atoms. The second-order valence-electron chi connectivity index (χ2n) is 10.2. The minimum Gasteiger partial charge on any atom is -0.354 e. The molecule has 0 unspecified atom stereocenters. The van der Waals surface area contributed by atoms with E-state index in [0.717, 1.165) is 78.6 Å². The number of aldehydes is 1. The lowest BCUT2D eigenvalue weighted by Crippen LogP contribution is -2.28. The largest absolute Gasteiger partial charge is 0.354 e. The smallest absolute Gasteiger partial charge is 0.164 e. The van der Waals surface area contributed by atoms with Crippen molar-refractivity contribution in [1.82, 2.24) is 10.2 Å². The molecule has 1 aliphatic rings. The van der Waals surface area contributed by atoms with Crippen LogP contribution < -0.4 is 11.1 Å². The summed E-state index contributed by atoms with van der Waals surface area (Å²) in [6, 6.07) is 25.5. The van der Waals surface area contributed by atoms with Gasteiger partial charge in [0.1, 0.15) is 5.82 Å². The van der Waals surface area contributed by atoms with E-state index in [9.17, 15) is 9.18 Å². The molecule has 0 amide bonds. The van der Waals surface area contributed by atoms with E-state index in [1.165, 1.54) is 6.07 Å². The van der Waals surface area contributed by atoms with Crippen molar-refractivity contribution in [3.63, 3.8) is 0 Å². The van der Waals surface area contributed by atoms with Crippen molar-refractivity contribution in [1.29, 1.82) is 0 Å². The zero-order valence-electron chi connectivity index (χ0n) is 23.3. The molecule has 0 aromatic heterocycles. The van der Waals surface area contributed by atoms with Crippen molar-refractivity contribution < 1.29 is 9.18 Å². The van der Waals surface area contributed by atoms with Gasteiger partial charge in [0.25, 0.3) is 0 Å². The third-order valence-corrected chi connectivity index (χ3v) is 7.06. The molecule has 0 fully saturated rings. The van der Waals surface area contributed by atoms with Crippen LogP contribution in [0.3, 0.4) is 0 Å². The van der Waals surface area contributed by atoms with Gasteiger partial charge in [-0.25, -0.2) is 9.38 Å². The molecule has 0 saturated carbocycles. The van der Waals surface area contributed by atoms with E-state index in [1.54, 1.807) is 0 Å². The Morgan fingerprint density at radius 1 is 0.925 bits per heavy atom. The molecule has 40 heavy (non-hydrogen) atoms. The third kappa shape index (κ3) is 8.23. The molecule has 6 heteroatoms. The molecule has 1 aliphatic heterocycles. The topological polar surface area (TPSA) is 70.7 Å². The summed E-state index contributed by atoms with van der Waals surface area (Å²) in [5.74, 6) is 0.443. The first kappa shape index (κ1) is 29.0. The highest BCUT2D eigenvalue weighted by molar-refractivity contribution is 6.29. The van der Waals surface area contributed by atoms with Gasteiger partial charge in [0, 0.05) is 26.1 Å². The number of allylic oxidation sites excluding steroid dienone is 1. The van der Waals surface area contributed by atoms with E-state index in [-0.39, 0.29) is 12.2 Å². The predicted octanol–water partition coefficient (Wildman–Crippen LogP) is 6.41. The number of aliphatic imine (C=N–C) groups is 1. The average Bonchev–Trinajstić information content (AvgIpc) is 2.97. The molecule has 3 N–H and O–H groups in total. The van der Waals surface area contributed by atoms with Crippen LogP contribution in [0.15, 0.2) is 102 Å². The number of rotatable bonds is 14. The minimum absolute atomic E-state index is 0.222. The van der Waals surface area contributed by atoms with Crippen LogP contribution in [-0.4, -0.2) is 30.5 Å². The van der Waals surface area contributed by atoms with Crippen molar-refractivity contribution in [2.24, 2.45) is 10.7 Å². The Balaban J connectivity index is 1.52. The Morgan fingerprint density at radius 2 is 1.62 bits per heavy atom. The zero-order chi connectivity index (χ0) is 28.2. The van der Waals surface area contributed by atoms with Crippen LogP contribution in [0.1, 0.15) is 54.4 Å². The average molecular weight is 539 g/mol. The van der Waals surface area contributed by atoms with E-state index in [2.05, 4.69) is 29.6 Å². The van der Waals surface area contributed by atoms with Gasteiger partial charge in [0.15, 0.2) is 12.1 Å². The molecule has 0 atom stereocenters. The van der Waals surface area contributed by atoms with E-state index >= 15 is 0 Å². The highest BCUT2D eigenvalue weighted by atomic mass is 19.1. The lowest BCUT2D eigenvalue weighted by atomic mass is 10.0. The highest BCUT2D eigenvalue weighted by Crippen LogP contribution is 2.26. The monoisotopic (exact) mass is 538 g/mol. The molecule has 0 aliphatic carbocycles. The molecule has 208 valence electrons. The van der Waals surface area contributed by atoms with Gasteiger partial charge < -0.3 is 16.0 Å². The number of nitrogens with zero attached hydrogens (tertiary/aromatic N) is 2. The van der Waals surface area contributed by atoms with Gasteiger partial charge in [-0.05, 0) is 54.1 Å². The highest BCUT2D eigenvalue weighted by Gasteiger charge is 2.20. The second-order valence-corrected chi connectivity index (χ2v) is 10.2. The first-order chi connectivity index (χ1) is 19.6. The van der Waals surface area contributed by atoms with Crippen molar-refractivity contribution in [2.75, 3.05) is 13.6 Å². The fourth-order valence-corrected chi connectivity index (χ4v) is 4.90. The van der Waals surface area contributed by atoms with E-state index in [0.29, 0.717) is 24.4 Å². The summed E-state index contributed by atoms with van der Waals surface area (Å²) in [7, 11) is 1.93. The fraction of sp³-hybridized carbons (Fsp3) is 0.294. The van der Waals surface area contributed by atoms with E-state index in [1.807, 2.05) is 66.7 Å². The lowest BCUT2D eigenvalue weighted by Gasteiger charge is -2.28. The maximum absolute atomic E-state index is 14.9. The van der Waals surface area contributed by atoms with Gasteiger partial charge in [0.05, 0.1) is 17.1 Å². The summed E-state index contributed by atoms with van der Waals surface area (Å²) in [4.78, 5) is 18.9. The number of unbranched alkanes of at least 4 members (excludes halogenated alkanes) is 4. The number of carbonyl (C=O) groups excluding carboxylic acids is 1. The number of benzene rings is 3. The van der Waals surface area contributed by atoms with Crippen LogP contribution in [0, 0.1) is 5.82 Å². The Kier molecular flexibility index (Phi) is 10.8. The maximum Gasteiger partial charge on any atom is 0.164 e. The number of aryl methyl sites for hydroxylation is 1. The summed E-state index contributed by atoms with van der Waals surface area (Å²) >= 11 is 0. The molecule has 0 bridgehead atoms. The van der Waals surface area contributed by atoms with Gasteiger partial charge in [-0.3, -0.25) is 4.79 Å². The molecular formula is C34H39FN4O. The normalized spacial score (nSPS) is 13.7. The Bertz CT molecular complexity index is 1350. The van der Waals surface area contributed by atoms with Gasteiger partial charge in [0.2, 0.25) is 0 Å². The van der Waals surface area contributed by atoms with Crippen molar-refractivity contribution in [3.8, 4) is 0 Å². The first-order valence-electron chi connectivity index (χ1n) is 14.1.